The van der Waals surface area contributed by atoms with E-state index in [0.717, 1.165) is 38.6 Å². The van der Waals surface area contributed by atoms with Crippen molar-refractivity contribution in [2.45, 2.75) is 26.2 Å². The molecule has 0 bridgehead atoms. The summed E-state index contributed by atoms with van der Waals surface area (Å²) in [6, 6.07) is 0. The summed E-state index contributed by atoms with van der Waals surface area (Å²) >= 11 is 0. The lowest BCUT2D eigenvalue weighted by Crippen LogP contribution is -2.39. The molecule has 0 rings (SSSR count). The van der Waals surface area contributed by atoms with Crippen molar-refractivity contribution < 1.29 is 9.53 Å². The average Bonchev–Trinajstić information content (AvgIpc) is 2.40. The van der Waals surface area contributed by atoms with Gasteiger partial charge in [0.2, 0.25) is 5.91 Å². The topological polar surface area (TPSA) is 66.0 Å². The van der Waals surface area contributed by atoms with Gasteiger partial charge < -0.3 is 20.3 Å². The van der Waals surface area contributed by atoms with Crippen LogP contribution in [-0.4, -0.2) is 64.2 Å². The lowest BCUT2D eigenvalue weighted by molar-refractivity contribution is -0.128. The molecular formula is C13H28N4O2. The number of carbonyl (C=O) groups is 1. The normalized spacial score (nSPS) is 11.3. The van der Waals surface area contributed by atoms with E-state index in [1.54, 1.807) is 26.0 Å². The van der Waals surface area contributed by atoms with Gasteiger partial charge in [-0.1, -0.05) is 0 Å². The molecule has 0 fully saturated rings. The Hall–Kier alpha value is -1.30. The average molecular weight is 272 g/mol. The maximum absolute atomic E-state index is 11.4. The molecule has 0 radical (unpaired) electrons. The third kappa shape index (κ3) is 10.3. The molecule has 1 amide bonds. The van der Waals surface area contributed by atoms with Crippen LogP contribution in [0.5, 0.6) is 0 Å². The molecule has 0 saturated carbocycles. The number of rotatable bonds is 9. The summed E-state index contributed by atoms with van der Waals surface area (Å²) in [4.78, 5) is 17.1. The fourth-order valence-corrected chi connectivity index (χ4v) is 1.41. The molecule has 6 nitrogen and oxygen atoms in total. The minimum absolute atomic E-state index is 0.111. The summed E-state index contributed by atoms with van der Waals surface area (Å²) in [6.45, 7) is 5.03. The van der Waals surface area contributed by atoms with Crippen LogP contribution in [0, 0.1) is 0 Å². The highest BCUT2D eigenvalue weighted by molar-refractivity contribution is 5.81. The van der Waals surface area contributed by atoms with Crippen molar-refractivity contribution >= 4 is 11.9 Å². The van der Waals surface area contributed by atoms with Crippen LogP contribution >= 0.6 is 0 Å². The largest absolute Gasteiger partial charge is 0.382 e. The molecule has 19 heavy (non-hydrogen) atoms. The molecule has 0 aromatic carbocycles. The highest BCUT2D eigenvalue weighted by atomic mass is 16.5. The van der Waals surface area contributed by atoms with Crippen LogP contribution in [0.15, 0.2) is 4.99 Å². The van der Waals surface area contributed by atoms with Crippen LogP contribution in [0.1, 0.15) is 26.2 Å². The Morgan fingerprint density at radius 1 is 1.21 bits per heavy atom. The number of unbranched alkanes of at least 4 members (excludes halogenated alkanes) is 1. The Morgan fingerprint density at radius 2 is 1.89 bits per heavy atom. The zero-order chi connectivity index (χ0) is 14.5. The molecule has 0 spiro atoms. The zero-order valence-electron chi connectivity index (χ0n) is 12.7. The third-order valence-electron chi connectivity index (χ3n) is 2.57. The molecule has 0 aliphatic rings. The number of guanidine groups is 1. The Labute approximate surface area is 116 Å². The third-order valence-corrected chi connectivity index (χ3v) is 2.57. The lowest BCUT2D eigenvalue weighted by atomic mass is 10.3. The highest BCUT2D eigenvalue weighted by Gasteiger charge is 2.03. The Bertz CT molecular complexity index is 267. The van der Waals surface area contributed by atoms with E-state index in [1.165, 1.54) is 0 Å². The van der Waals surface area contributed by atoms with E-state index in [2.05, 4.69) is 15.6 Å². The summed E-state index contributed by atoms with van der Waals surface area (Å²) in [5.74, 6) is 0.850. The van der Waals surface area contributed by atoms with Gasteiger partial charge in [0, 0.05) is 53.9 Å². The minimum atomic E-state index is 0.111. The number of amides is 1. The van der Waals surface area contributed by atoms with Crippen molar-refractivity contribution in [3.63, 3.8) is 0 Å². The zero-order valence-corrected chi connectivity index (χ0v) is 12.7. The summed E-state index contributed by atoms with van der Waals surface area (Å²) in [5, 5.41) is 6.33. The molecule has 0 heterocycles. The molecule has 0 atom stereocenters. The van der Waals surface area contributed by atoms with Crippen molar-refractivity contribution in [1.29, 1.82) is 0 Å². The Morgan fingerprint density at radius 3 is 2.47 bits per heavy atom. The summed E-state index contributed by atoms with van der Waals surface area (Å²) in [5.41, 5.74) is 0. The SMILES string of the molecule is CCOCCCCNC(=NC)NCCC(=O)N(C)C. The van der Waals surface area contributed by atoms with Gasteiger partial charge in [0.25, 0.3) is 0 Å². The maximum Gasteiger partial charge on any atom is 0.223 e. The Kier molecular flexibility index (Phi) is 11.0. The highest BCUT2D eigenvalue weighted by Crippen LogP contribution is 1.89. The second-order valence-electron chi connectivity index (χ2n) is 4.37. The molecule has 2 N–H and O–H groups in total. The molecule has 0 aliphatic heterocycles. The fourth-order valence-electron chi connectivity index (χ4n) is 1.41. The quantitative estimate of drug-likeness (QED) is 0.363. The van der Waals surface area contributed by atoms with E-state index in [4.69, 9.17) is 4.74 Å². The van der Waals surface area contributed by atoms with Crippen molar-refractivity contribution in [3.8, 4) is 0 Å². The van der Waals surface area contributed by atoms with Crippen molar-refractivity contribution in [3.05, 3.63) is 0 Å². The van der Waals surface area contributed by atoms with Gasteiger partial charge in [-0.25, -0.2) is 0 Å². The predicted octanol–water partition coefficient (Wildman–Crippen LogP) is 0.446. The number of nitrogens with one attached hydrogen (secondary N) is 2. The van der Waals surface area contributed by atoms with Gasteiger partial charge in [0.1, 0.15) is 0 Å². The van der Waals surface area contributed by atoms with Gasteiger partial charge >= 0.3 is 0 Å². The number of nitrogens with zero attached hydrogens (tertiary/aromatic N) is 2. The molecular weight excluding hydrogens is 244 g/mol. The van der Waals surface area contributed by atoms with E-state index in [1.807, 2.05) is 6.92 Å². The van der Waals surface area contributed by atoms with Gasteiger partial charge in [-0.15, -0.1) is 0 Å². The first-order valence-electron chi connectivity index (χ1n) is 6.84. The van der Waals surface area contributed by atoms with Crippen LogP contribution < -0.4 is 10.6 Å². The van der Waals surface area contributed by atoms with Crippen LogP contribution in [0.2, 0.25) is 0 Å². The second kappa shape index (κ2) is 11.8. The fraction of sp³-hybridized carbons (Fsp3) is 0.846. The number of ether oxygens (including phenoxy) is 1. The smallest absolute Gasteiger partial charge is 0.223 e. The molecule has 0 saturated heterocycles. The monoisotopic (exact) mass is 272 g/mol. The number of carbonyl (C=O) groups excluding carboxylic acids is 1. The predicted molar refractivity (Wildman–Crippen MR) is 78.4 cm³/mol. The molecule has 6 heteroatoms. The van der Waals surface area contributed by atoms with Crippen LogP contribution in [0.25, 0.3) is 0 Å². The molecule has 0 aromatic rings. The van der Waals surface area contributed by atoms with E-state index < -0.39 is 0 Å². The number of aliphatic imine (C=N–C) groups is 1. The molecule has 112 valence electrons. The van der Waals surface area contributed by atoms with E-state index >= 15 is 0 Å². The minimum Gasteiger partial charge on any atom is -0.382 e. The van der Waals surface area contributed by atoms with Crippen molar-refractivity contribution in [2.24, 2.45) is 4.99 Å². The van der Waals surface area contributed by atoms with Crippen molar-refractivity contribution in [2.75, 3.05) is 47.4 Å². The van der Waals surface area contributed by atoms with E-state index in [9.17, 15) is 4.79 Å². The summed E-state index contributed by atoms with van der Waals surface area (Å²) < 4.78 is 5.26. The number of hydrogen-bond acceptors (Lipinski definition) is 3. The maximum atomic E-state index is 11.4. The molecule has 0 aromatic heterocycles. The summed E-state index contributed by atoms with van der Waals surface area (Å²) in [6.07, 6.45) is 2.55. The van der Waals surface area contributed by atoms with E-state index in [-0.39, 0.29) is 5.91 Å². The number of hydrogen-bond donors (Lipinski definition) is 2. The first-order valence-corrected chi connectivity index (χ1v) is 6.84. The van der Waals surface area contributed by atoms with Gasteiger partial charge in [-0.2, -0.15) is 0 Å². The van der Waals surface area contributed by atoms with Crippen LogP contribution in [0.4, 0.5) is 0 Å². The van der Waals surface area contributed by atoms with Gasteiger partial charge in [-0.3, -0.25) is 9.79 Å². The molecule has 0 aliphatic carbocycles. The molecule has 0 unspecified atom stereocenters. The van der Waals surface area contributed by atoms with Crippen LogP contribution in [-0.2, 0) is 9.53 Å². The first kappa shape index (κ1) is 17.7. The summed E-state index contributed by atoms with van der Waals surface area (Å²) in [7, 11) is 5.24. The van der Waals surface area contributed by atoms with Gasteiger partial charge in [-0.05, 0) is 19.8 Å². The Balaban J connectivity index is 3.59. The van der Waals surface area contributed by atoms with Gasteiger partial charge in [0.15, 0.2) is 5.96 Å². The van der Waals surface area contributed by atoms with Gasteiger partial charge in [0.05, 0.1) is 0 Å². The van der Waals surface area contributed by atoms with E-state index in [0.29, 0.717) is 13.0 Å². The van der Waals surface area contributed by atoms with Crippen LogP contribution in [0.3, 0.4) is 0 Å². The standard InChI is InChI=1S/C13H28N4O2/c1-5-19-11-7-6-9-15-13(14-2)16-10-8-12(18)17(3)4/h5-11H2,1-4H3,(H2,14,15,16). The van der Waals surface area contributed by atoms with Crippen molar-refractivity contribution in [1.82, 2.24) is 15.5 Å². The second-order valence-corrected chi connectivity index (χ2v) is 4.37. The first-order chi connectivity index (χ1) is 9.11. The lowest BCUT2D eigenvalue weighted by Gasteiger charge is -2.13.